The molecule has 0 saturated heterocycles. The minimum absolute atomic E-state index is 0.00858. The minimum atomic E-state index is -0.353. The smallest absolute Gasteiger partial charge is 0.314 e. The molecule has 4 aromatic carbocycles. The number of carbonyl (C=O) groups is 2. The number of hydrogen-bond donors (Lipinski definition) is 0. The highest BCUT2D eigenvalue weighted by Gasteiger charge is 2.32. The molecule has 0 bridgehead atoms. The van der Waals surface area contributed by atoms with Gasteiger partial charge in [-0.25, -0.2) is 8.78 Å². The molecule has 8 rings (SSSR count). The minimum Gasteiger partial charge on any atom is -0.426 e. The van der Waals surface area contributed by atoms with Crippen LogP contribution in [0.2, 0.25) is 0 Å². The van der Waals surface area contributed by atoms with Gasteiger partial charge in [0.25, 0.3) is 0 Å². The van der Waals surface area contributed by atoms with Crippen molar-refractivity contribution in [2.75, 3.05) is 0 Å². The third-order valence-electron chi connectivity index (χ3n) is 11.0. The normalized spacial score (nSPS) is 18.2. The second kappa shape index (κ2) is 16.4. The molecule has 6 heteroatoms. The summed E-state index contributed by atoms with van der Waals surface area (Å²) < 4.78 is 39.8. The van der Waals surface area contributed by atoms with E-state index in [1.807, 2.05) is 30.3 Å². The van der Waals surface area contributed by atoms with Crippen LogP contribution in [0, 0.1) is 23.5 Å². The van der Waals surface area contributed by atoms with Crippen molar-refractivity contribution >= 4 is 11.9 Å². The lowest BCUT2D eigenvalue weighted by atomic mass is 9.81. The van der Waals surface area contributed by atoms with E-state index < -0.39 is 0 Å². The fourth-order valence-corrected chi connectivity index (χ4v) is 7.67. The fraction of sp³-hybridized carbons (Fsp3) is 0.422. The molecule has 0 atom stereocenters. The van der Waals surface area contributed by atoms with Gasteiger partial charge in [0.2, 0.25) is 0 Å². The van der Waals surface area contributed by atoms with Gasteiger partial charge in [-0.15, -0.1) is 0 Å². The lowest BCUT2D eigenvalue weighted by molar-refractivity contribution is -0.136. The highest BCUT2D eigenvalue weighted by molar-refractivity contribution is 5.78. The molecule has 266 valence electrons. The Morgan fingerprint density at radius 3 is 1.51 bits per heavy atom. The van der Waals surface area contributed by atoms with Gasteiger partial charge in [0.05, 0.1) is 11.8 Å². The molecule has 4 aliphatic rings. The van der Waals surface area contributed by atoms with Crippen molar-refractivity contribution in [3.8, 4) is 33.8 Å². The van der Waals surface area contributed by atoms with Crippen LogP contribution in [0.3, 0.4) is 0 Å². The molecule has 0 heterocycles. The molecule has 0 N–H and O–H groups in total. The molecule has 0 aliphatic heterocycles. The summed E-state index contributed by atoms with van der Waals surface area (Å²) in [6, 6.07) is 25.9. The van der Waals surface area contributed by atoms with Gasteiger partial charge in [0, 0.05) is 23.3 Å². The molecule has 51 heavy (non-hydrogen) atoms. The average Bonchev–Trinajstić information content (AvgIpc) is 4.05. The van der Waals surface area contributed by atoms with Crippen LogP contribution in [0.5, 0.6) is 11.5 Å². The van der Waals surface area contributed by atoms with Crippen molar-refractivity contribution in [1.29, 1.82) is 0 Å². The van der Waals surface area contributed by atoms with Crippen molar-refractivity contribution in [2.45, 2.75) is 108 Å². The molecule has 4 fully saturated rings. The molecule has 4 saturated carbocycles. The first-order valence-corrected chi connectivity index (χ1v) is 19.1. The highest BCUT2D eigenvalue weighted by Crippen LogP contribution is 2.40. The van der Waals surface area contributed by atoms with E-state index in [1.54, 1.807) is 24.3 Å². The standard InChI is InChI=1S/C23H25FO2.C22H23FO2/c24-22-15-20(26-23(25)19-11-12-19)13-14-21(22)18-9-7-17(8-10-18)16-5-3-1-2-4-6-16;23-21-14-17(25-22(24)16-10-11-16)12-13-20(21)19-9-5-4-8-18(19)15-6-2-1-3-7-15/h7-10,13-16,19H,1-6,11-12H2;4-5,8-9,12-16H,1-3,6-7,10-11H2. The summed E-state index contributed by atoms with van der Waals surface area (Å²) in [5, 5.41) is 0. The number of carbonyl (C=O) groups excluding carboxylic acids is 2. The summed E-state index contributed by atoms with van der Waals surface area (Å²) in [6.07, 6.45) is 17.5. The Labute approximate surface area is 300 Å². The summed E-state index contributed by atoms with van der Waals surface area (Å²) in [4.78, 5) is 23.5. The van der Waals surface area contributed by atoms with Crippen LogP contribution in [0.4, 0.5) is 8.78 Å². The van der Waals surface area contributed by atoms with E-state index in [0.717, 1.165) is 36.8 Å². The maximum Gasteiger partial charge on any atom is 0.314 e. The molecular formula is C45H48F2O4. The lowest BCUT2D eigenvalue weighted by Gasteiger charge is -2.24. The van der Waals surface area contributed by atoms with Crippen LogP contribution in [0.15, 0.2) is 84.9 Å². The van der Waals surface area contributed by atoms with E-state index >= 15 is 0 Å². The molecule has 4 aliphatic carbocycles. The molecule has 0 unspecified atom stereocenters. The molecule has 4 aromatic rings. The van der Waals surface area contributed by atoms with Gasteiger partial charge in [0.15, 0.2) is 0 Å². The number of halogens is 2. The zero-order valence-corrected chi connectivity index (χ0v) is 29.4. The van der Waals surface area contributed by atoms with E-state index in [0.29, 0.717) is 34.5 Å². The van der Waals surface area contributed by atoms with E-state index in [-0.39, 0.29) is 35.4 Å². The SMILES string of the molecule is O=C(Oc1ccc(-c2ccc(C3CCCCCC3)cc2)c(F)c1)C1CC1.O=C(Oc1ccc(-c2ccccc2C2CCCCC2)c(F)c1)C1CC1. The van der Waals surface area contributed by atoms with E-state index in [9.17, 15) is 18.4 Å². The van der Waals surface area contributed by atoms with Crippen molar-refractivity contribution in [3.63, 3.8) is 0 Å². The van der Waals surface area contributed by atoms with E-state index in [4.69, 9.17) is 9.47 Å². The summed E-state index contributed by atoms with van der Waals surface area (Å²) in [7, 11) is 0. The average molecular weight is 691 g/mol. The quantitative estimate of drug-likeness (QED) is 0.105. The number of benzene rings is 4. The summed E-state index contributed by atoms with van der Waals surface area (Å²) in [5.74, 6) is 0.588. The molecule has 0 amide bonds. The Kier molecular flexibility index (Phi) is 11.3. The first-order chi connectivity index (χ1) is 24.9. The van der Waals surface area contributed by atoms with Gasteiger partial charge < -0.3 is 9.47 Å². The van der Waals surface area contributed by atoms with Crippen LogP contribution in [0.25, 0.3) is 22.3 Å². The van der Waals surface area contributed by atoms with E-state index in [2.05, 4.69) is 18.2 Å². The topological polar surface area (TPSA) is 52.6 Å². The maximum absolute atomic E-state index is 14.8. The number of ether oxygens (including phenoxy) is 2. The van der Waals surface area contributed by atoms with Crippen LogP contribution in [-0.2, 0) is 9.59 Å². The molecule has 4 nitrogen and oxygen atoms in total. The summed E-state index contributed by atoms with van der Waals surface area (Å²) in [6.45, 7) is 0. The predicted molar refractivity (Wildman–Crippen MR) is 197 cm³/mol. The van der Waals surface area contributed by atoms with Gasteiger partial charge in [0.1, 0.15) is 23.1 Å². The van der Waals surface area contributed by atoms with Crippen molar-refractivity contribution in [2.24, 2.45) is 11.8 Å². The van der Waals surface area contributed by atoms with Gasteiger partial charge in [-0.2, -0.15) is 0 Å². The second-order valence-electron chi connectivity index (χ2n) is 14.9. The number of hydrogen-bond acceptors (Lipinski definition) is 4. The van der Waals surface area contributed by atoms with E-state index in [1.165, 1.54) is 93.9 Å². The zero-order chi connectivity index (χ0) is 35.2. The maximum atomic E-state index is 14.8. The van der Waals surface area contributed by atoms with Gasteiger partial charge in [-0.3, -0.25) is 9.59 Å². The third kappa shape index (κ3) is 9.13. The van der Waals surface area contributed by atoms with Crippen molar-refractivity contribution < 1.29 is 27.8 Å². The number of esters is 2. The van der Waals surface area contributed by atoms with Crippen molar-refractivity contribution in [3.05, 3.63) is 108 Å². The first kappa shape index (κ1) is 35.1. The van der Waals surface area contributed by atoms with Gasteiger partial charge in [-0.05, 0) is 110 Å². The number of rotatable bonds is 8. The first-order valence-electron chi connectivity index (χ1n) is 19.1. The molecule has 0 spiro atoms. The van der Waals surface area contributed by atoms with Gasteiger partial charge in [-0.1, -0.05) is 93.5 Å². The fourth-order valence-electron chi connectivity index (χ4n) is 7.67. The Morgan fingerprint density at radius 1 is 0.490 bits per heavy atom. The second-order valence-corrected chi connectivity index (χ2v) is 14.9. The largest absolute Gasteiger partial charge is 0.426 e. The summed E-state index contributed by atoms with van der Waals surface area (Å²) in [5.41, 5.74) is 5.57. The molecule has 0 radical (unpaired) electrons. The Balaban J connectivity index is 0.000000159. The van der Waals surface area contributed by atoms with Crippen LogP contribution in [0.1, 0.15) is 119 Å². The van der Waals surface area contributed by atoms with Crippen LogP contribution < -0.4 is 9.47 Å². The Morgan fingerprint density at radius 2 is 0.980 bits per heavy atom. The molecular weight excluding hydrogens is 642 g/mol. The van der Waals surface area contributed by atoms with Gasteiger partial charge >= 0.3 is 11.9 Å². The zero-order valence-electron chi connectivity index (χ0n) is 29.4. The monoisotopic (exact) mass is 690 g/mol. The Bertz CT molecular complexity index is 1810. The third-order valence-corrected chi connectivity index (χ3v) is 11.0. The van der Waals surface area contributed by atoms with Crippen LogP contribution in [-0.4, -0.2) is 11.9 Å². The predicted octanol–water partition coefficient (Wildman–Crippen LogP) is 12.1. The summed E-state index contributed by atoms with van der Waals surface area (Å²) >= 11 is 0. The lowest BCUT2D eigenvalue weighted by Crippen LogP contribution is -2.10. The molecule has 0 aromatic heterocycles. The van der Waals surface area contributed by atoms with Crippen molar-refractivity contribution in [1.82, 2.24) is 0 Å². The Hall–Kier alpha value is -4.32. The van der Waals surface area contributed by atoms with Crippen LogP contribution >= 0.6 is 0 Å². The highest BCUT2D eigenvalue weighted by atomic mass is 19.1.